The normalized spacial score (nSPS) is 17.6. The van der Waals surface area contributed by atoms with Gasteiger partial charge in [0, 0.05) is 22.0 Å². The van der Waals surface area contributed by atoms with Gasteiger partial charge in [-0.15, -0.1) is 11.8 Å². The Morgan fingerprint density at radius 3 is 2.61 bits per heavy atom. The molecule has 1 atom stereocenters. The summed E-state index contributed by atoms with van der Waals surface area (Å²) in [4.78, 5) is 27.1. The van der Waals surface area contributed by atoms with Crippen molar-refractivity contribution in [1.82, 2.24) is 0 Å². The SMILES string of the molecule is O=C(Nc1ccc(C2SCC(=O)N2c2ccc3c(c2)CCC3)cc1)c1cccc(Cl)c1. The number of hydrogen-bond acceptors (Lipinski definition) is 3. The summed E-state index contributed by atoms with van der Waals surface area (Å²) in [5.74, 6) is 0.390. The van der Waals surface area contributed by atoms with Gasteiger partial charge in [0.25, 0.3) is 5.91 Å². The number of halogens is 1. The maximum Gasteiger partial charge on any atom is 0.255 e. The summed E-state index contributed by atoms with van der Waals surface area (Å²) in [6.45, 7) is 0. The minimum atomic E-state index is -0.208. The second-order valence-corrected chi connectivity index (χ2v) is 9.33. The molecule has 1 fully saturated rings. The van der Waals surface area contributed by atoms with Crippen molar-refractivity contribution in [1.29, 1.82) is 0 Å². The van der Waals surface area contributed by atoms with E-state index in [0.717, 1.165) is 24.1 Å². The molecule has 0 saturated carbocycles. The van der Waals surface area contributed by atoms with E-state index in [-0.39, 0.29) is 17.2 Å². The number of nitrogens with one attached hydrogen (secondary N) is 1. The number of rotatable bonds is 4. The number of amides is 2. The lowest BCUT2D eigenvalue weighted by molar-refractivity contribution is -0.115. The summed E-state index contributed by atoms with van der Waals surface area (Å²) < 4.78 is 0. The van der Waals surface area contributed by atoms with Crippen LogP contribution in [0.2, 0.25) is 5.02 Å². The molecule has 1 aliphatic carbocycles. The van der Waals surface area contributed by atoms with Crippen molar-refractivity contribution in [2.24, 2.45) is 0 Å². The highest BCUT2D eigenvalue weighted by Gasteiger charge is 2.34. The maximum absolute atomic E-state index is 12.7. The predicted molar refractivity (Wildman–Crippen MR) is 127 cm³/mol. The first kappa shape index (κ1) is 20.2. The molecule has 0 spiro atoms. The van der Waals surface area contributed by atoms with E-state index < -0.39 is 0 Å². The number of aryl methyl sites for hydroxylation is 2. The maximum atomic E-state index is 12.7. The van der Waals surface area contributed by atoms with E-state index in [0.29, 0.717) is 22.0 Å². The Hall–Kier alpha value is -2.76. The summed E-state index contributed by atoms with van der Waals surface area (Å²) >= 11 is 7.61. The van der Waals surface area contributed by atoms with E-state index in [4.69, 9.17) is 11.6 Å². The molecule has 0 bridgehead atoms. The fraction of sp³-hybridized carbons (Fsp3) is 0.200. The molecule has 1 aliphatic heterocycles. The molecule has 0 aromatic heterocycles. The van der Waals surface area contributed by atoms with Gasteiger partial charge < -0.3 is 5.32 Å². The second-order valence-electron chi connectivity index (χ2n) is 7.82. The molecule has 5 rings (SSSR count). The van der Waals surface area contributed by atoms with Gasteiger partial charge in [0.15, 0.2) is 0 Å². The van der Waals surface area contributed by atoms with E-state index in [9.17, 15) is 9.59 Å². The zero-order chi connectivity index (χ0) is 21.4. The summed E-state index contributed by atoms with van der Waals surface area (Å²) in [5, 5.41) is 3.36. The van der Waals surface area contributed by atoms with Crippen LogP contribution >= 0.6 is 23.4 Å². The fourth-order valence-electron chi connectivity index (χ4n) is 4.22. The monoisotopic (exact) mass is 448 g/mol. The number of benzene rings is 3. The van der Waals surface area contributed by atoms with Crippen LogP contribution < -0.4 is 10.2 Å². The average Bonchev–Trinajstić information content (AvgIpc) is 3.40. The molecule has 2 aliphatic rings. The minimum absolute atomic E-state index is 0.0652. The molecular formula is C25H21ClN2O2S. The van der Waals surface area contributed by atoms with E-state index in [1.807, 2.05) is 29.2 Å². The fourth-order valence-corrected chi connectivity index (χ4v) is 5.59. The summed E-state index contributed by atoms with van der Waals surface area (Å²) in [6, 6.07) is 21.0. The van der Waals surface area contributed by atoms with Crippen molar-refractivity contribution in [2.75, 3.05) is 16.0 Å². The highest BCUT2D eigenvalue weighted by Crippen LogP contribution is 2.43. The topological polar surface area (TPSA) is 49.4 Å². The molecule has 0 radical (unpaired) electrons. The average molecular weight is 449 g/mol. The number of hydrogen-bond donors (Lipinski definition) is 1. The highest BCUT2D eigenvalue weighted by molar-refractivity contribution is 8.00. The summed E-state index contributed by atoms with van der Waals surface area (Å²) in [7, 11) is 0. The van der Waals surface area contributed by atoms with Crippen molar-refractivity contribution < 1.29 is 9.59 Å². The van der Waals surface area contributed by atoms with Crippen LogP contribution in [0.5, 0.6) is 0 Å². The lowest BCUT2D eigenvalue weighted by Crippen LogP contribution is -2.27. The quantitative estimate of drug-likeness (QED) is 0.543. The molecule has 31 heavy (non-hydrogen) atoms. The van der Waals surface area contributed by atoms with Crippen LogP contribution in [-0.4, -0.2) is 17.6 Å². The lowest BCUT2D eigenvalue weighted by atomic mass is 10.1. The lowest BCUT2D eigenvalue weighted by Gasteiger charge is -2.25. The van der Waals surface area contributed by atoms with Crippen molar-refractivity contribution in [3.8, 4) is 0 Å². The van der Waals surface area contributed by atoms with Crippen molar-refractivity contribution in [3.05, 3.63) is 94.0 Å². The first-order valence-corrected chi connectivity index (χ1v) is 11.7. The number of fused-ring (bicyclic) bond motifs is 1. The number of thioether (sulfide) groups is 1. The smallest absolute Gasteiger partial charge is 0.255 e. The third kappa shape index (κ3) is 4.08. The van der Waals surface area contributed by atoms with Crippen LogP contribution in [0, 0.1) is 0 Å². The molecule has 3 aromatic carbocycles. The molecule has 6 heteroatoms. The largest absolute Gasteiger partial charge is 0.322 e. The van der Waals surface area contributed by atoms with Crippen LogP contribution in [0.25, 0.3) is 0 Å². The van der Waals surface area contributed by atoms with E-state index in [2.05, 4.69) is 23.5 Å². The molecule has 1 unspecified atom stereocenters. The van der Waals surface area contributed by atoms with Gasteiger partial charge in [-0.25, -0.2) is 0 Å². The Balaban J connectivity index is 1.35. The Bertz CT molecular complexity index is 1160. The van der Waals surface area contributed by atoms with Gasteiger partial charge in [-0.3, -0.25) is 14.5 Å². The van der Waals surface area contributed by atoms with Gasteiger partial charge in [-0.1, -0.05) is 35.9 Å². The van der Waals surface area contributed by atoms with Crippen LogP contribution in [0.1, 0.15) is 38.8 Å². The van der Waals surface area contributed by atoms with Gasteiger partial charge >= 0.3 is 0 Å². The first-order chi connectivity index (χ1) is 15.1. The molecule has 1 saturated heterocycles. The zero-order valence-corrected chi connectivity index (χ0v) is 18.4. The van der Waals surface area contributed by atoms with Crippen molar-refractivity contribution >= 4 is 46.6 Å². The highest BCUT2D eigenvalue weighted by atomic mass is 35.5. The zero-order valence-electron chi connectivity index (χ0n) is 16.8. The Labute approximate surface area is 190 Å². The second kappa shape index (κ2) is 8.40. The molecule has 2 amide bonds. The van der Waals surface area contributed by atoms with Gasteiger partial charge in [0.2, 0.25) is 5.91 Å². The Morgan fingerprint density at radius 2 is 1.81 bits per heavy atom. The van der Waals surface area contributed by atoms with Gasteiger partial charge in [0.05, 0.1) is 5.75 Å². The molecule has 1 N–H and O–H groups in total. The van der Waals surface area contributed by atoms with Crippen LogP contribution in [0.4, 0.5) is 11.4 Å². The molecule has 1 heterocycles. The number of carbonyl (C=O) groups is 2. The summed E-state index contributed by atoms with van der Waals surface area (Å²) in [5.41, 5.74) is 5.99. The van der Waals surface area contributed by atoms with Crippen LogP contribution in [0.15, 0.2) is 66.7 Å². The van der Waals surface area contributed by atoms with Crippen molar-refractivity contribution in [3.63, 3.8) is 0 Å². The van der Waals surface area contributed by atoms with Crippen LogP contribution in [-0.2, 0) is 17.6 Å². The van der Waals surface area contributed by atoms with Crippen LogP contribution in [0.3, 0.4) is 0 Å². The van der Waals surface area contributed by atoms with Gasteiger partial charge in [0.1, 0.15) is 5.37 Å². The first-order valence-electron chi connectivity index (χ1n) is 10.3. The van der Waals surface area contributed by atoms with E-state index in [1.54, 1.807) is 36.0 Å². The third-order valence-electron chi connectivity index (χ3n) is 5.77. The minimum Gasteiger partial charge on any atom is -0.322 e. The Morgan fingerprint density at radius 1 is 1.00 bits per heavy atom. The van der Waals surface area contributed by atoms with Gasteiger partial charge in [-0.05, 0) is 78.4 Å². The van der Waals surface area contributed by atoms with E-state index in [1.165, 1.54) is 17.5 Å². The number of anilines is 2. The third-order valence-corrected chi connectivity index (χ3v) is 7.22. The molecular weight excluding hydrogens is 428 g/mol. The van der Waals surface area contributed by atoms with E-state index >= 15 is 0 Å². The molecule has 4 nitrogen and oxygen atoms in total. The number of nitrogens with zero attached hydrogens (tertiary/aromatic N) is 1. The number of carbonyl (C=O) groups excluding carboxylic acids is 2. The Kier molecular flexibility index (Phi) is 5.47. The predicted octanol–water partition coefficient (Wildman–Crippen LogP) is 5.86. The van der Waals surface area contributed by atoms with Crippen molar-refractivity contribution in [2.45, 2.75) is 24.6 Å². The summed E-state index contributed by atoms with van der Waals surface area (Å²) in [6.07, 6.45) is 3.40. The molecule has 3 aromatic rings. The van der Waals surface area contributed by atoms with Gasteiger partial charge in [-0.2, -0.15) is 0 Å². The standard InChI is InChI=1S/C25H21ClN2O2S/c26-20-6-2-5-19(13-20)24(30)27-21-10-7-17(8-11-21)25-28(23(29)15-31-25)22-12-9-16-3-1-4-18(16)14-22/h2,5-14,25H,1,3-4,15H2,(H,27,30). The molecule has 156 valence electrons.